The number of amides is 2. The number of hydrazine groups is 1. The van der Waals surface area contributed by atoms with E-state index in [4.69, 9.17) is 0 Å². The van der Waals surface area contributed by atoms with Gasteiger partial charge in [0.05, 0.1) is 6.42 Å². The van der Waals surface area contributed by atoms with E-state index in [0.717, 1.165) is 21.2 Å². The number of amidine groups is 1. The Morgan fingerprint density at radius 2 is 1.96 bits per heavy atom. The molecule has 3 N–H and O–H groups in total. The zero-order chi connectivity index (χ0) is 17.8. The monoisotopic (exact) mass is 400 g/mol. The Balaban J connectivity index is 1.64. The molecule has 0 saturated carbocycles. The van der Waals surface area contributed by atoms with Crippen molar-refractivity contribution in [1.29, 1.82) is 0 Å². The molecule has 1 aliphatic heterocycles. The molecule has 7 heteroatoms. The van der Waals surface area contributed by atoms with E-state index >= 15 is 0 Å². The number of carbonyl (C=O) groups excluding carboxylic acids is 2. The summed E-state index contributed by atoms with van der Waals surface area (Å²) in [7, 11) is 0. The topological polar surface area (TPSA) is 82.6 Å². The molecule has 1 heterocycles. The van der Waals surface area contributed by atoms with Gasteiger partial charge in [-0.15, -0.1) is 0 Å². The number of hydrogen-bond acceptors (Lipinski definition) is 4. The molecule has 2 aromatic rings. The quantitative estimate of drug-likeness (QED) is 0.736. The van der Waals surface area contributed by atoms with E-state index in [9.17, 15) is 9.59 Å². The van der Waals surface area contributed by atoms with Crippen LogP contribution in [0.5, 0.6) is 0 Å². The van der Waals surface area contributed by atoms with Crippen LogP contribution in [0.1, 0.15) is 16.7 Å². The second-order valence-corrected chi connectivity index (χ2v) is 6.59. The van der Waals surface area contributed by atoms with Crippen molar-refractivity contribution in [2.75, 3.05) is 11.9 Å². The fourth-order valence-corrected chi connectivity index (χ4v) is 2.84. The van der Waals surface area contributed by atoms with E-state index in [-0.39, 0.29) is 18.4 Å². The van der Waals surface area contributed by atoms with Gasteiger partial charge in [-0.2, -0.15) is 0 Å². The van der Waals surface area contributed by atoms with Crippen LogP contribution in [0.2, 0.25) is 0 Å². The fraction of sp³-hybridized carbons (Fsp3) is 0.167. The van der Waals surface area contributed by atoms with E-state index < -0.39 is 0 Å². The maximum atomic E-state index is 12.3. The van der Waals surface area contributed by atoms with Crippen LogP contribution in [0.3, 0.4) is 0 Å². The minimum atomic E-state index is -0.171. The van der Waals surface area contributed by atoms with Crippen LogP contribution in [0.15, 0.2) is 51.9 Å². The van der Waals surface area contributed by atoms with E-state index in [1.807, 2.05) is 37.3 Å². The van der Waals surface area contributed by atoms with Gasteiger partial charge in [0.1, 0.15) is 12.4 Å². The van der Waals surface area contributed by atoms with Gasteiger partial charge in [0.15, 0.2) is 0 Å². The van der Waals surface area contributed by atoms with Crippen LogP contribution < -0.4 is 16.2 Å². The van der Waals surface area contributed by atoms with E-state index in [1.54, 1.807) is 12.1 Å². The van der Waals surface area contributed by atoms with E-state index in [2.05, 4.69) is 37.1 Å². The normalized spacial score (nSPS) is 13.5. The highest BCUT2D eigenvalue weighted by atomic mass is 79.9. The predicted octanol–water partition coefficient (Wildman–Crippen LogP) is 2.32. The molecule has 6 nitrogen and oxygen atoms in total. The molecule has 2 aromatic carbocycles. The molecule has 0 radical (unpaired) electrons. The third-order valence-electron chi connectivity index (χ3n) is 3.70. The highest BCUT2D eigenvalue weighted by molar-refractivity contribution is 9.10. The lowest BCUT2D eigenvalue weighted by Gasteiger charge is -2.15. The van der Waals surface area contributed by atoms with Gasteiger partial charge in [-0.3, -0.25) is 25.4 Å². The molecule has 0 fully saturated rings. The molecule has 1 aliphatic rings. The smallest absolute Gasteiger partial charge is 0.260 e. The number of nitrogens with zero attached hydrogens (tertiary/aromatic N) is 1. The van der Waals surface area contributed by atoms with Crippen molar-refractivity contribution in [2.24, 2.45) is 4.99 Å². The van der Waals surface area contributed by atoms with Crippen molar-refractivity contribution < 1.29 is 9.59 Å². The first-order valence-electron chi connectivity index (χ1n) is 7.76. The lowest BCUT2D eigenvalue weighted by atomic mass is 10.1. The van der Waals surface area contributed by atoms with Crippen molar-refractivity contribution in [1.82, 2.24) is 10.9 Å². The Bertz CT molecular complexity index is 847. The number of anilines is 1. The third kappa shape index (κ3) is 4.45. The Kier molecular flexibility index (Phi) is 5.14. The average Bonchev–Trinajstić information content (AvgIpc) is 2.59. The largest absolute Gasteiger partial charge is 0.326 e. The molecule has 2 amide bonds. The molecule has 0 unspecified atom stereocenters. The van der Waals surface area contributed by atoms with Crippen molar-refractivity contribution in [3.05, 3.63) is 63.6 Å². The van der Waals surface area contributed by atoms with Gasteiger partial charge in [0, 0.05) is 15.7 Å². The zero-order valence-electron chi connectivity index (χ0n) is 13.6. The maximum absolute atomic E-state index is 12.3. The van der Waals surface area contributed by atoms with Gasteiger partial charge in [-0.05, 0) is 42.8 Å². The van der Waals surface area contributed by atoms with Gasteiger partial charge >= 0.3 is 0 Å². The number of aliphatic imine (C=N–C) groups is 1. The van der Waals surface area contributed by atoms with Crippen LogP contribution in [-0.2, 0) is 16.0 Å². The molecule has 3 rings (SSSR count). The van der Waals surface area contributed by atoms with Gasteiger partial charge in [-0.1, -0.05) is 33.6 Å². The molecule has 128 valence electrons. The van der Waals surface area contributed by atoms with Crippen molar-refractivity contribution in [3.8, 4) is 0 Å². The highest BCUT2D eigenvalue weighted by Crippen LogP contribution is 2.19. The summed E-state index contributed by atoms with van der Waals surface area (Å²) in [6.45, 7) is 2.10. The molecule has 0 bridgehead atoms. The van der Waals surface area contributed by atoms with E-state index in [1.165, 1.54) is 0 Å². The molecular formula is C18H17BrN4O2. The molecule has 0 aromatic heterocycles. The summed E-state index contributed by atoms with van der Waals surface area (Å²) in [4.78, 5) is 27.5. The number of carbonyl (C=O) groups is 2. The molecular weight excluding hydrogens is 384 g/mol. The molecule has 25 heavy (non-hydrogen) atoms. The maximum Gasteiger partial charge on any atom is 0.260 e. The number of halogens is 1. The fourth-order valence-electron chi connectivity index (χ4n) is 2.45. The first-order valence-corrected chi connectivity index (χ1v) is 8.55. The summed E-state index contributed by atoms with van der Waals surface area (Å²) in [5, 5.41) is 2.88. The molecule has 0 aliphatic carbocycles. The summed E-state index contributed by atoms with van der Waals surface area (Å²) in [5.74, 6) is 0.343. The highest BCUT2D eigenvalue weighted by Gasteiger charge is 2.12. The van der Waals surface area contributed by atoms with Crippen LogP contribution >= 0.6 is 15.9 Å². The number of hydrogen-bond donors (Lipinski definition) is 3. The molecule has 0 spiro atoms. The Labute approximate surface area is 153 Å². The average molecular weight is 401 g/mol. The van der Waals surface area contributed by atoms with Crippen LogP contribution in [-0.4, -0.2) is 24.2 Å². The first kappa shape index (κ1) is 17.2. The number of nitrogens with one attached hydrogen (secondary N) is 3. The predicted molar refractivity (Wildman–Crippen MR) is 100 cm³/mol. The minimum absolute atomic E-state index is 0.0838. The number of aryl methyl sites for hydroxylation is 1. The summed E-state index contributed by atoms with van der Waals surface area (Å²) in [6, 6.07) is 13.2. The molecule has 0 saturated heterocycles. The van der Waals surface area contributed by atoms with E-state index in [0.29, 0.717) is 17.9 Å². The Hall–Kier alpha value is -2.67. The van der Waals surface area contributed by atoms with Crippen LogP contribution in [0.25, 0.3) is 0 Å². The lowest BCUT2D eigenvalue weighted by molar-refractivity contribution is -0.120. The van der Waals surface area contributed by atoms with Crippen LogP contribution in [0.4, 0.5) is 5.69 Å². The van der Waals surface area contributed by atoms with Gasteiger partial charge in [0.25, 0.3) is 5.91 Å². The number of rotatable bonds is 4. The third-order valence-corrected chi connectivity index (χ3v) is 4.47. The van der Waals surface area contributed by atoms with Gasteiger partial charge in [0.2, 0.25) is 5.91 Å². The van der Waals surface area contributed by atoms with Crippen LogP contribution in [0, 0.1) is 6.92 Å². The van der Waals surface area contributed by atoms with Gasteiger partial charge in [-0.25, -0.2) is 0 Å². The van der Waals surface area contributed by atoms with Crippen molar-refractivity contribution in [3.63, 3.8) is 0 Å². The Morgan fingerprint density at radius 3 is 2.64 bits per heavy atom. The van der Waals surface area contributed by atoms with Crippen molar-refractivity contribution in [2.45, 2.75) is 13.3 Å². The summed E-state index contributed by atoms with van der Waals surface area (Å²) in [6.07, 6.45) is 0.296. The SMILES string of the molecule is Cc1ccc(Br)c(CC(=O)Nc2ccc(C3=NCC(=O)NN3)cc2)c1. The molecule has 0 atom stereocenters. The first-order chi connectivity index (χ1) is 12.0. The second kappa shape index (κ2) is 7.48. The number of benzene rings is 2. The van der Waals surface area contributed by atoms with Crippen molar-refractivity contribution >= 4 is 39.3 Å². The lowest BCUT2D eigenvalue weighted by Crippen LogP contribution is -2.47. The Morgan fingerprint density at radius 1 is 1.20 bits per heavy atom. The minimum Gasteiger partial charge on any atom is -0.326 e. The summed E-state index contributed by atoms with van der Waals surface area (Å²) in [5.41, 5.74) is 8.87. The summed E-state index contributed by atoms with van der Waals surface area (Å²) >= 11 is 3.47. The standard InChI is InChI=1S/C18H17BrN4O2/c1-11-2-7-15(19)13(8-11)9-16(24)21-14-5-3-12(4-6-14)18-20-10-17(25)22-23-18/h2-8H,9-10H2,1H3,(H,20,23)(H,21,24)(H,22,25). The second-order valence-electron chi connectivity index (χ2n) is 5.74. The van der Waals surface area contributed by atoms with Gasteiger partial charge < -0.3 is 5.32 Å². The zero-order valence-corrected chi connectivity index (χ0v) is 15.2. The summed E-state index contributed by atoms with van der Waals surface area (Å²) < 4.78 is 0.923.